The fourth-order valence-corrected chi connectivity index (χ4v) is 6.00. The lowest BCUT2D eigenvalue weighted by Crippen LogP contribution is -2.30. The molecule has 0 saturated heterocycles. The molecule has 2 unspecified atom stereocenters. The Labute approximate surface area is 171 Å². The Morgan fingerprint density at radius 3 is 2.50 bits per heavy atom. The highest BCUT2D eigenvalue weighted by Crippen LogP contribution is 2.48. The molecule has 4 atom stereocenters. The van der Waals surface area contributed by atoms with Crippen LogP contribution in [0.3, 0.4) is 0 Å². The molecule has 28 heavy (non-hydrogen) atoms. The van der Waals surface area contributed by atoms with Crippen molar-refractivity contribution >= 4 is 10.8 Å². The molecule has 0 aliphatic heterocycles. The molecule has 2 aromatic carbocycles. The predicted molar refractivity (Wildman–Crippen MR) is 118 cm³/mol. The first-order valence-corrected chi connectivity index (χ1v) is 11.7. The number of hydrogen-bond donors (Lipinski definition) is 0. The molecule has 2 aliphatic carbocycles. The van der Waals surface area contributed by atoms with E-state index in [1.807, 2.05) is 12.1 Å². The monoisotopic (exact) mass is 373 g/mol. The first kappa shape index (κ1) is 19.5. The number of benzene rings is 2. The minimum Gasteiger partial charge on any atom is -0.192 e. The Morgan fingerprint density at radius 2 is 1.64 bits per heavy atom. The first-order valence-electron chi connectivity index (χ1n) is 11.7. The maximum atomic E-state index is 9.11. The van der Waals surface area contributed by atoms with Crippen molar-refractivity contribution in [2.75, 3.05) is 0 Å². The molecular formula is C27H35N. The van der Waals surface area contributed by atoms with Crippen molar-refractivity contribution in [2.45, 2.75) is 83.5 Å². The minimum absolute atomic E-state index is 0.738. The lowest BCUT2D eigenvalue weighted by molar-refractivity contribution is 0.113. The van der Waals surface area contributed by atoms with Crippen LogP contribution in [0.2, 0.25) is 0 Å². The Bertz CT molecular complexity index is 830. The Balaban J connectivity index is 1.36. The molecule has 2 aromatic rings. The third kappa shape index (κ3) is 4.43. The second-order valence-electron chi connectivity index (χ2n) is 9.49. The summed E-state index contributed by atoms with van der Waals surface area (Å²) in [5.41, 5.74) is 2.28. The summed E-state index contributed by atoms with van der Waals surface area (Å²) in [7, 11) is 0. The van der Waals surface area contributed by atoms with E-state index in [4.69, 9.17) is 5.26 Å². The highest BCUT2D eigenvalue weighted by molar-refractivity contribution is 5.84. The summed E-state index contributed by atoms with van der Waals surface area (Å²) < 4.78 is 0. The molecule has 0 spiro atoms. The lowest BCUT2D eigenvalue weighted by atomic mass is 9.63. The largest absolute Gasteiger partial charge is 0.192 e. The molecule has 4 rings (SSSR count). The fourth-order valence-electron chi connectivity index (χ4n) is 6.00. The van der Waals surface area contributed by atoms with Gasteiger partial charge in [0.2, 0.25) is 0 Å². The molecule has 148 valence electrons. The van der Waals surface area contributed by atoms with Gasteiger partial charge in [-0.15, -0.1) is 0 Å². The summed E-state index contributed by atoms with van der Waals surface area (Å²) in [6, 6.07) is 15.3. The third-order valence-electron chi connectivity index (χ3n) is 7.65. The molecule has 0 amide bonds. The summed E-state index contributed by atoms with van der Waals surface area (Å²) in [5.74, 6) is 3.72. The number of hydrogen-bond acceptors (Lipinski definition) is 1. The van der Waals surface area contributed by atoms with Crippen molar-refractivity contribution in [3.05, 3.63) is 47.5 Å². The van der Waals surface area contributed by atoms with Crippen molar-refractivity contribution in [1.82, 2.24) is 0 Å². The number of nitriles is 1. The minimum atomic E-state index is 0.738. The van der Waals surface area contributed by atoms with Crippen molar-refractivity contribution < 1.29 is 0 Å². The van der Waals surface area contributed by atoms with Crippen LogP contribution in [0.25, 0.3) is 10.8 Å². The predicted octanol–water partition coefficient (Wildman–Crippen LogP) is 7.98. The van der Waals surface area contributed by atoms with E-state index in [-0.39, 0.29) is 0 Å². The molecule has 0 aromatic heterocycles. The first-order chi connectivity index (χ1) is 13.8. The lowest BCUT2D eigenvalue weighted by Gasteiger charge is -2.42. The molecule has 1 nitrogen and oxygen atoms in total. The molecular weight excluding hydrogens is 338 g/mol. The molecule has 0 heterocycles. The molecule has 2 aliphatic rings. The molecule has 1 heteroatoms. The molecule has 2 fully saturated rings. The van der Waals surface area contributed by atoms with E-state index < -0.39 is 0 Å². The molecule has 0 bridgehead atoms. The zero-order valence-electron chi connectivity index (χ0n) is 17.5. The Hall–Kier alpha value is -1.81. The van der Waals surface area contributed by atoms with Gasteiger partial charge in [0.1, 0.15) is 0 Å². The number of rotatable bonds is 6. The standard InChI is InChI=1S/C27H35N/c1-2-3-4-5-6-20-7-9-24-17-26(13-11-22(24)15-20)27-14-12-23-16-21(19-28)8-10-25(23)18-27/h8,10,12,14,16,18,20,22,24,26H,2-7,9,11,13,15,17H2,1H3/t20-,22?,24-,26?/m1/s1. The second-order valence-corrected chi connectivity index (χ2v) is 9.49. The summed E-state index contributed by atoms with van der Waals surface area (Å²) in [5, 5.41) is 11.6. The van der Waals surface area contributed by atoms with E-state index in [2.05, 4.69) is 37.3 Å². The Morgan fingerprint density at radius 1 is 0.857 bits per heavy atom. The van der Waals surface area contributed by atoms with Crippen molar-refractivity contribution in [1.29, 1.82) is 5.26 Å². The van der Waals surface area contributed by atoms with E-state index in [1.54, 1.807) is 0 Å². The normalized spacial score (nSPS) is 27.3. The van der Waals surface area contributed by atoms with Gasteiger partial charge in [0.05, 0.1) is 11.6 Å². The van der Waals surface area contributed by atoms with Gasteiger partial charge < -0.3 is 0 Å². The van der Waals surface area contributed by atoms with Crippen LogP contribution in [0, 0.1) is 29.1 Å². The summed E-state index contributed by atoms with van der Waals surface area (Å²) >= 11 is 0. The average molecular weight is 374 g/mol. The molecule has 0 radical (unpaired) electrons. The van der Waals surface area contributed by atoms with Gasteiger partial charge in [-0.25, -0.2) is 0 Å². The van der Waals surface area contributed by atoms with Gasteiger partial charge in [0.25, 0.3) is 0 Å². The zero-order valence-corrected chi connectivity index (χ0v) is 17.5. The van der Waals surface area contributed by atoms with Gasteiger partial charge in [-0.1, -0.05) is 69.7 Å². The highest BCUT2D eigenvalue weighted by Gasteiger charge is 2.35. The molecule has 2 saturated carbocycles. The number of unbranched alkanes of at least 4 members (excludes halogenated alkanes) is 3. The van der Waals surface area contributed by atoms with Crippen LogP contribution < -0.4 is 0 Å². The van der Waals surface area contributed by atoms with E-state index in [9.17, 15) is 0 Å². The smallest absolute Gasteiger partial charge is 0.0991 e. The second kappa shape index (κ2) is 9.13. The van der Waals surface area contributed by atoms with Crippen LogP contribution in [0.1, 0.15) is 94.6 Å². The number of nitrogens with zero attached hydrogens (tertiary/aromatic N) is 1. The van der Waals surface area contributed by atoms with Gasteiger partial charge in [-0.05, 0) is 84.2 Å². The van der Waals surface area contributed by atoms with Crippen LogP contribution in [-0.2, 0) is 0 Å². The van der Waals surface area contributed by atoms with E-state index in [0.29, 0.717) is 0 Å². The van der Waals surface area contributed by atoms with Crippen molar-refractivity contribution in [2.24, 2.45) is 17.8 Å². The van der Waals surface area contributed by atoms with Gasteiger partial charge >= 0.3 is 0 Å². The fraction of sp³-hybridized carbons (Fsp3) is 0.593. The number of fused-ring (bicyclic) bond motifs is 2. The van der Waals surface area contributed by atoms with Crippen molar-refractivity contribution in [3.63, 3.8) is 0 Å². The van der Waals surface area contributed by atoms with Gasteiger partial charge in [-0.2, -0.15) is 5.26 Å². The van der Waals surface area contributed by atoms with Crippen LogP contribution in [-0.4, -0.2) is 0 Å². The Kier molecular flexibility index (Phi) is 6.36. The van der Waals surface area contributed by atoms with Crippen LogP contribution in [0.15, 0.2) is 36.4 Å². The average Bonchev–Trinajstić information content (AvgIpc) is 2.75. The summed E-state index contributed by atoms with van der Waals surface area (Å²) in [6.07, 6.45) is 15.8. The molecule has 0 N–H and O–H groups in total. The van der Waals surface area contributed by atoms with E-state index in [1.165, 1.54) is 87.0 Å². The third-order valence-corrected chi connectivity index (χ3v) is 7.65. The van der Waals surface area contributed by atoms with Gasteiger partial charge in [0.15, 0.2) is 0 Å². The van der Waals surface area contributed by atoms with Crippen LogP contribution in [0.5, 0.6) is 0 Å². The maximum Gasteiger partial charge on any atom is 0.0991 e. The maximum absolute atomic E-state index is 9.11. The van der Waals surface area contributed by atoms with Gasteiger partial charge in [-0.3, -0.25) is 0 Å². The van der Waals surface area contributed by atoms with E-state index in [0.717, 1.165) is 29.2 Å². The highest BCUT2D eigenvalue weighted by atomic mass is 14.4. The summed E-state index contributed by atoms with van der Waals surface area (Å²) in [4.78, 5) is 0. The zero-order chi connectivity index (χ0) is 19.3. The van der Waals surface area contributed by atoms with Gasteiger partial charge in [0, 0.05) is 0 Å². The SMILES string of the molecule is CCCCCC[C@@H]1CC[C@@H]2CC(c3ccc4cc(C#N)ccc4c3)CCC2C1. The van der Waals surface area contributed by atoms with E-state index >= 15 is 0 Å². The van der Waals surface area contributed by atoms with Crippen molar-refractivity contribution in [3.8, 4) is 6.07 Å². The summed E-state index contributed by atoms with van der Waals surface area (Å²) in [6.45, 7) is 2.31. The van der Waals surface area contributed by atoms with Crippen LogP contribution in [0.4, 0.5) is 0 Å². The topological polar surface area (TPSA) is 23.8 Å². The quantitative estimate of drug-likeness (QED) is 0.471. The van der Waals surface area contributed by atoms with Crippen LogP contribution >= 0.6 is 0 Å².